The van der Waals surface area contributed by atoms with Crippen LogP contribution in [0.25, 0.3) is 10.9 Å². The summed E-state index contributed by atoms with van der Waals surface area (Å²) in [5.74, 6) is -0.538. The van der Waals surface area contributed by atoms with Crippen LogP contribution >= 0.6 is 0 Å². The monoisotopic (exact) mass is 355 g/mol. The van der Waals surface area contributed by atoms with Gasteiger partial charge < -0.3 is 14.5 Å². The Morgan fingerprint density at radius 3 is 2.54 bits per heavy atom. The summed E-state index contributed by atoms with van der Waals surface area (Å²) in [5, 5.41) is 0.124. The molecule has 2 aromatic carbocycles. The van der Waals surface area contributed by atoms with Crippen molar-refractivity contribution in [2.45, 2.75) is 13.3 Å². The van der Waals surface area contributed by atoms with Gasteiger partial charge in [-0.15, -0.1) is 0 Å². The summed E-state index contributed by atoms with van der Waals surface area (Å²) in [6, 6.07) is 10.4. The fraction of sp³-hybridized carbons (Fsp3) is 0.200. The molecule has 0 aliphatic carbocycles. The predicted octanol–water partition coefficient (Wildman–Crippen LogP) is 3.44. The molecule has 0 atom stereocenters. The number of aromatic nitrogens is 1. The first-order valence-electron chi connectivity index (χ1n) is 8.17. The molecule has 0 radical (unpaired) electrons. The number of fused-ring (bicyclic) bond motifs is 1. The molecule has 0 aliphatic heterocycles. The van der Waals surface area contributed by atoms with Crippen LogP contribution in [-0.2, 0) is 11.2 Å². The van der Waals surface area contributed by atoms with E-state index in [9.17, 15) is 14.0 Å². The Morgan fingerprint density at radius 2 is 1.88 bits per heavy atom. The molecule has 0 unspecified atom stereocenters. The molecule has 0 amide bonds. The lowest BCUT2D eigenvalue weighted by Gasteiger charge is -2.08. The molecule has 3 aromatic rings. The minimum absolute atomic E-state index is 0.0709. The predicted molar refractivity (Wildman–Crippen MR) is 96.3 cm³/mol. The smallest absolute Gasteiger partial charge is 0.343 e. The molecule has 6 heteroatoms. The quantitative estimate of drug-likeness (QED) is 0.712. The third-order valence-corrected chi connectivity index (χ3v) is 4.06. The second kappa shape index (κ2) is 7.39. The van der Waals surface area contributed by atoms with Crippen molar-refractivity contribution in [3.63, 3.8) is 0 Å². The van der Waals surface area contributed by atoms with E-state index in [-0.39, 0.29) is 23.1 Å². The van der Waals surface area contributed by atoms with Gasteiger partial charge in [0, 0.05) is 11.6 Å². The van der Waals surface area contributed by atoms with Crippen molar-refractivity contribution in [2.75, 3.05) is 13.7 Å². The van der Waals surface area contributed by atoms with Gasteiger partial charge in [0.15, 0.2) is 0 Å². The van der Waals surface area contributed by atoms with Gasteiger partial charge in [0.25, 0.3) is 0 Å². The van der Waals surface area contributed by atoms with Gasteiger partial charge in [-0.25, -0.2) is 9.18 Å². The molecule has 0 fully saturated rings. The zero-order valence-corrected chi connectivity index (χ0v) is 14.5. The number of H-pyrrole nitrogens is 1. The van der Waals surface area contributed by atoms with Crippen LogP contribution in [0.1, 0.15) is 28.4 Å². The van der Waals surface area contributed by atoms with Crippen molar-refractivity contribution in [2.24, 2.45) is 0 Å². The second-order valence-electron chi connectivity index (χ2n) is 5.78. The van der Waals surface area contributed by atoms with Crippen molar-refractivity contribution in [3.05, 3.63) is 75.3 Å². The number of carbonyl (C=O) groups excluding carboxylic acids is 1. The number of carbonyl (C=O) groups is 1. The summed E-state index contributed by atoms with van der Waals surface area (Å²) < 4.78 is 24.4. The zero-order chi connectivity index (χ0) is 18.7. The fourth-order valence-electron chi connectivity index (χ4n) is 2.79. The molecule has 1 heterocycles. The normalized spacial score (nSPS) is 10.7. The molecular formula is C20H18FNO4. The lowest BCUT2D eigenvalue weighted by molar-refractivity contribution is 0.0524. The maximum atomic E-state index is 14.4. The van der Waals surface area contributed by atoms with Crippen molar-refractivity contribution in [1.29, 1.82) is 0 Å². The van der Waals surface area contributed by atoms with Gasteiger partial charge in [0.1, 0.15) is 17.1 Å². The van der Waals surface area contributed by atoms with E-state index in [1.807, 2.05) is 24.3 Å². The number of pyridine rings is 1. The summed E-state index contributed by atoms with van der Waals surface area (Å²) >= 11 is 0. The molecule has 5 nitrogen and oxygen atoms in total. The number of rotatable bonds is 5. The zero-order valence-electron chi connectivity index (χ0n) is 14.5. The van der Waals surface area contributed by atoms with E-state index in [0.29, 0.717) is 12.0 Å². The molecule has 0 spiro atoms. The van der Waals surface area contributed by atoms with E-state index in [1.165, 1.54) is 12.3 Å². The van der Waals surface area contributed by atoms with Gasteiger partial charge in [-0.3, -0.25) is 4.79 Å². The van der Waals surface area contributed by atoms with Crippen LogP contribution in [0.3, 0.4) is 0 Å². The van der Waals surface area contributed by atoms with Gasteiger partial charge >= 0.3 is 5.97 Å². The van der Waals surface area contributed by atoms with Gasteiger partial charge in [-0.2, -0.15) is 0 Å². The largest absolute Gasteiger partial charge is 0.497 e. The first-order valence-corrected chi connectivity index (χ1v) is 8.17. The van der Waals surface area contributed by atoms with Crippen molar-refractivity contribution >= 4 is 16.9 Å². The molecular weight excluding hydrogens is 337 g/mol. The van der Waals surface area contributed by atoms with Gasteiger partial charge in [-0.05, 0) is 48.7 Å². The molecule has 3 rings (SSSR count). The van der Waals surface area contributed by atoms with Crippen LogP contribution in [-0.4, -0.2) is 24.7 Å². The average molecular weight is 355 g/mol. The van der Waals surface area contributed by atoms with E-state index >= 15 is 0 Å². The van der Waals surface area contributed by atoms with Crippen LogP contribution in [0.2, 0.25) is 0 Å². The molecule has 0 saturated carbocycles. The molecule has 1 aromatic heterocycles. The Bertz CT molecular complexity index is 1010. The minimum Gasteiger partial charge on any atom is -0.497 e. The highest BCUT2D eigenvalue weighted by molar-refractivity contribution is 5.93. The first kappa shape index (κ1) is 17.7. The molecule has 0 saturated heterocycles. The third-order valence-electron chi connectivity index (χ3n) is 4.06. The van der Waals surface area contributed by atoms with Crippen molar-refractivity contribution in [3.8, 4) is 5.75 Å². The van der Waals surface area contributed by atoms with Crippen LogP contribution in [0, 0.1) is 5.82 Å². The molecule has 0 bridgehead atoms. The number of methoxy groups -OCH3 is 1. The van der Waals surface area contributed by atoms with Crippen LogP contribution in [0.15, 0.2) is 47.4 Å². The summed E-state index contributed by atoms with van der Waals surface area (Å²) in [7, 11) is 1.58. The Labute approximate surface area is 149 Å². The minimum atomic E-state index is -0.725. The highest BCUT2D eigenvalue weighted by atomic mass is 19.1. The van der Waals surface area contributed by atoms with Crippen LogP contribution in [0.5, 0.6) is 5.75 Å². The number of ether oxygens (including phenoxy) is 2. The number of nitrogens with one attached hydrogen (secondary N) is 1. The highest BCUT2D eigenvalue weighted by Gasteiger charge is 2.16. The summed E-state index contributed by atoms with van der Waals surface area (Å²) in [5.41, 5.74) is 0.962. The maximum absolute atomic E-state index is 14.4. The van der Waals surface area contributed by atoms with Crippen LogP contribution < -0.4 is 10.2 Å². The highest BCUT2D eigenvalue weighted by Crippen LogP contribution is 2.20. The first-order chi connectivity index (χ1) is 12.5. The topological polar surface area (TPSA) is 68.4 Å². The molecule has 134 valence electrons. The van der Waals surface area contributed by atoms with E-state index in [1.54, 1.807) is 20.1 Å². The van der Waals surface area contributed by atoms with Gasteiger partial charge in [-0.1, -0.05) is 12.1 Å². The van der Waals surface area contributed by atoms with Gasteiger partial charge in [0.2, 0.25) is 5.43 Å². The van der Waals surface area contributed by atoms with E-state index in [0.717, 1.165) is 11.3 Å². The Hall–Kier alpha value is -3.15. The van der Waals surface area contributed by atoms with E-state index in [4.69, 9.17) is 9.47 Å². The van der Waals surface area contributed by atoms with Crippen molar-refractivity contribution < 1.29 is 18.7 Å². The summed E-state index contributed by atoms with van der Waals surface area (Å²) in [4.78, 5) is 27.1. The average Bonchev–Trinajstić information content (AvgIpc) is 2.63. The van der Waals surface area contributed by atoms with Crippen LogP contribution in [0.4, 0.5) is 4.39 Å². The van der Waals surface area contributed by atoms with Gasteiger partial charge in [0.05, 0.1) is 19.2 Å². The molecule has 0 aliphatic rings. The Kier molecular flexibility index (Phi) is 5.02. The standard InChI is InChI=1S/C20H18FNO4/c1-3-26-20(24)16-11-22-18-15(19(16)23)9-13(10-17(18)21)8-12-4-6-14(25-2)7-5-12/h4-7,9-11H,3,8H2,1-2H3,(H,22,23). The number of halogens is 1. The lowest BCUT2D eigenvalue weighted by Crippen LogP contribution is -2.18. The Morgan fingerprint density at radius 1 is 1.15 bits per heavy atom. The van der Waals surface area contributed by atoms with Crippen molar-refractivity contribution in [1.82, 2.24) is 4.98 Å². The maximum Gasteiger partial charge on any atom is 0.343 e. The number of hydrogen-bond acceptors (Lipinski definition) is 4. The number of hydrogen-bond donors (Lipinski definition) is 1. The number of aromatic amines is 1. The molecule has 1 N–H and O–H groups in total. The van der Waals surface area contributed by atoms with E-state index < -0.39 is 17.2 Å². The summed E-state index contributed by atoms with van der Waals surface area (Å²) in [6.07, 6.45) is 1.63. The third kappa shape index (κ3) is 3.44. The fourth-order valence-corrected chi connectivity index (χ4v) is 2.79. The number of esters is 1. The SMILES string of the molecule is CCOC(=O)c1c[nH]c2c(F)cc(Cc3ccc(OC)cc3)cc2c1=O. The lowest BCUT2D eigenvalue weighted by atomic mass is 10.0. The Balaban J connectivity index is 2.03. The molecule has 26 heavy (non-hydrogen) atoms. The summed E-state index contributed by atoms with van der Waals surface area (Å²) in [6.45, 7) is 1.81. The van der Waals surface area contributed by atoms with E-state index in [2.05, 4.69) is 4.98 Å². The second-order valence-corrected chi connectivity index (χ2v) is 5.78. The number of benzene rings is 2.